The van der Waals surface area contributed by atoms with Crippen molar-refractivity contribution in [3.05, 3.63) is 40.3 Å². The second kappa shape index (κ2) is 3.69. The van der Waals surface area contributed by atoms with E-state index in [0.717, 1.165) is 6.07 Å². The molecule has 0 fully saturated rings. The monoisotopic (exact) mass is 224 g/mol. The van der Waals surface area contributed by atoms with E-state index in [4.69, 9.17) is 5.73 Å². The second-order valence-electron chi connectivity index (χ2n) is 2.96. The molecule has 0 aliphatic rings. The fraction of sp³-hybridized carbons (Fsp3) is 0. The maximum atomic E-state index is 13.4. The summed E-state index contributed by atoms with van der Waals surface area (Å²) in [6.07, 6.45) is 0. The first-order valence-electron chi connectivity index (χ1n) is 4.26. The highest BCUT2D eigenvalue weighted by Gasteiger charge is 2.12. The number of rotatable bonds is 1. The van der Waals surface area contributed by atoms with Crippen LogP contribution >= 0.6 is 0 Å². The van der Waals surface area contributed by atoms with Gasteiger partial charge in [0.15, 0.2) is 11.6 Å². The zero-order valence-electron chi connectivity index (χ0n) is 7.87. The lowest BCUT2D eigenvalue weighted by atomic mass is 10.2. The van der Waals surface area contributed by atoms with Crippen LogP contribution in [0.4, 0.5) is 14.7 Å². The molecule has 1 aromatic heterocycles. The molecule has 0 amide bonds. The van der Waals surface area contributed by atoms with Gasteiger partial charge in [-0.2, -0.15) is 9.97 Å². The van der Waals surface area contributed by atoms with Crippen LogP contribution in [0.1, 0.15) is 0 Å². The molecule has 0 radical (unpaired) electrons. The number of aromatic nitrogens is 3. The van der Waals surface area contributed by atoms with E-state index in [1.165, 1.54) is 12.1 Å². The Labute approximate surface area is 88.0 Å². The molecular formula is C9H6F2N4O. The third-order valence-electron chi connectivity index (χ3n) is 1.87. The minimum atomic E-state index is -1.10. The Bertz CT molecular complexity index is 596. The van der Waals surface area contributed by atoms with Gasteiger partial charge in [0, 0.05) is 0 Å². The van der Waals surface area contributed by atoms with Gasteiger partial charge in [0.25, 0.3) is 0 Å². The van der Waals surface area contributed by atoms with E-state index >= 15 is 0 Å². The minimum Gasteiger partial charge on any atom is -0.368 e. The Kier molecular flexibility index (Phi) is 2.35. The first-order valence-corrected chi connectivity index (χ1v) is 4.26. The Balaban J connectivity index is 2.67. The molecular weight excluding hydrogens is 218 g/mol. The number of nitrogens with two attached hydrogens (primary N) is 1. The molecule has 3 N–H and O–H groups in total. The van der Waals surface area contributed by atoms with Crippen molar-refractivity contribution in [1.82, 2.24) is 15.0 Å². The van der Waals surface area contributed by atoms with Crippen molar-refractivity contribution in [3.8, 4) is 11.4 Å². The van der Waals surface area contributed by atoms with Gasteiger partial charge in [0.1, 0.15) is 5.82 Å². The van der Waals surface area contributed by atoms with Crippen molar-refractivity contribution in [1.29, 1.82) is 0 Å². The molecule has 0 spiro atoms. The number of nitrogens with zero attached hydrogens (tertiary/aromatic N) is 2. The Morgan fingerprint density at radius 3 is 2.69 bits per heavy atom. The van der Waals surface area contributed by atoms with Gasteiger partial charge in [-0.25, -0.2) is 13.6 Å². The predicted molar refractivity (Wildman–Crippen MR) is 52.4 cm³/mol. The van der Waals surface area contributed by atoms with Crippen molar-refractivity contribution >= 4 is 5.95 Å². The summed E-state index contributed by atoms with van der Waals surface area (Å²) in [6.45, 7) is 0. The third-order valence-corrected chi connectivity index (χ3v) is 1.87. The summed E-state index contributed by atoms with van der Waals surface area (Å²) in [4.78, 5) is 20.0. The summed E-state index contributed by atoms with van der Waals surface area (Å²) in [5, 5.41) is 0. The first-order chi connectivity index (χ1) is 7.58. The first kappa shape index (κ1) is 10.2. The molecule has 2 rings (SSSR count). The quantitative estimate of drug-likeness (QED) is 0.746. The van der Waals surface area contributed by atoms with Gasteiger partial charge in [-0.05, 0) is 12.1 Å². The number of H-pyrrole nitrogens is 1. The molecule has 82 valence electrons. The molecule has 0 aliphatic heterocycles. The molecule has 0 bridgehead atoms. The van der Waals surface area contributed by atoms with E-state index < -0.39 is 17.3 Å². The highest BCUT2D eigenvalue weighted by Crippen LogP contribution is 2.20. The maximum Gasteiger partial charge on any atom is 0.349 e. The molecule has 16 heavy (non-hydrogen) atoms. The van der Waals surface area contributed by atoms with Gasteiger partial charge in [-0.15, -0.1) is 0 Å². The molecule has 0 aliphatic carbocycles. The van der Waals surface area contributed by atoms with Crippen molar-refractivity contribution in [2.45, 2.75) is 0 Å². The number of hydrogen-bond donors (Lipinski definition) is 2. The largest absolute Gasteiger partial charge is 0.368 e. The van der Waals surface area contributed by atoms with Crippen LogP contribution in [0.15, 0.2) is 23.0 Å². The molecule has 5 nitrogen and oxygen atoms in total. The van der Waals surface area contributed by atoms with Crippen LogP contribution in [0.25, 0.3) is 11.4 Å². The molecule has 7 heteroatoms. The predicted octanol–water partition coefficient (Wildman–Crippen LogP) is 0.692. The smallest absolute Gasteiger partial charge is 0.349 e. The highest BCUT2D eigenvalue weighted by molar-refractivity contribution is 5.56. The lowest BCUT2D eigenvalue weighted by Crippen LogP contribution is -2.16. The second-order valence-corrected chi connectivity index (χ2v) is 2.96. The van der Waals surface area contributed by atoms with E-state index in [2.05, 4.69) is 15.0 Å². The number of anilines is 1. The molecule has 0 unspecified atom stereocenters. The van der Waals surface area contributed by atoms with E-state index in [9.17, 15) is 13.6 Å². The van der Waals surface area contributed by atoms with Crippen LogP contribution in [0.5, 0.6) is 0 Å². The summed E-state index contributed by atoms with van der Waals surface area (Å²) >= 11 is 0. The van der Waals surface area contributed by atoms with Crippen LogP contribution in [0.2, 0.25) is 0 Å². The molecule has 0 saturated heterocycles. The fourth-order valence-corrected chi connectivity index (χ4v) is 1.22. The highest BCUT2D eigenvalue weighted by atomic mass is 19.2. The van der Waals surface area contributed by atoms with E-state index in [1.807, 2.05) is 0 Å². The molecule has 0 saturated carbocycles. The average Bonchev–Trinajstić information content (AvgIpc) is 2.20. The van der Waals surface area contributed by atoms with Gasteiger partial charge in [0.2, 0.25) is 5.95 Å². The van der Waals surface area contributed by atoms with E-state index in [1.54, 1.807) is 0 Å². The standard InChI is InChI=1S/C9H6F2N4O/c10-5-3-1-2-4(6(5)11)7-13-8(12)15-9(16)14-7/h1-3H,(H3,12,13,14,15,16). The number of hydrogen-bond acceptors (Lipinski definition) is 4. The van der Waals surface area contributed by atoms with E-state index in [-0.39, 0.29) is 17.3 Å². The summed E-state index contributed by atoms with van der Waals surface area (Å²) in [6, 6.07) is 3.53. The topological polar surface area (TPSA) is 84.7 Å². The Morgan fingerprint density at radius 1 is 1.25 bits per heavy atom. The van der Waals surface area contributed by atoms with Crippen molar-refractivity contribution in [2.24, 2.45) is 0 Å². The van der Waals surface area contributed by atoms with Crippen LogP contribution in [-0.4, -0.2) is 15.0 Å². The zero-order valence-corrected chi connectivity index (χ0v) is 7.87. The van der Waals surface area contributed by atoms with Crippen LogP contribution in [-0.2, 0) is 0 Å². The number of nitrogen functional groups attached to an aromatic ring is 1. The van der Waals surface area contributed by atoms with Gasteiger partial charge >= 0.3 is 5.69 Å². The lowest BCUT2D eigenvalue weighted by molar-refractivity contribution is 0.510. The van der Waals surface area contributed by atoms with E-state index in [0.29, 0.717) is 0 Å². The van der Waals surface area contributed by atoms with Gasteiger partial charge in [-0.3, -0.25) is 4.98 Å². The van der Waals surface area contributed by atoms with Crippen molar-refractivity contribution < 1.29 is 8.78 Å². The third kappa shape index (κ3) is 1.74. The van der Waals surface area contributed by atoms with Crippen LogP contribution in [0, 0.1) is 11.6 Å². The van der Waals surface area contributed by atoms with Gasteiger partial charge < -0.3 is 5.73 Å². The lowest BCUT2D eigenvalue weighted by Gasteiger charge is -2.02. The molecule has 1 aromatic carbocycles. The number of halogens is 2. The Morgan fingerprint density at radius 2 is 2.00 bits per heavy atom. The number of aromatic amines is 1. The number of benzene rings is 1. The molecule has 2 aromatic rings. The van der Waals surface area contributed by atoms with Crippen molar-refractivity contribution in [3.63, 3.8) is 0 Å². The SMILES string of the molecule is Nc1nc(-c2cccc(F)c2F)[nH]c(=O)n1. The minimum absolute atomic E-state index is 0.158. The summed E-state index contributed by atoms with van der Waals surface area (Å²) < 4.78 is 26.3. The number of nitrogens with one attached hydrogen (secondary N) is 1. The van der Waals surface area contributed by atoms with Crippen LogP contribution < -0.4 is 11.4 Å². The molecule has 0 atom stereocenters. The summed E-state index contributed by atoms with van der Waals surface area (Å²) in [5.41, 5.74) is 4.28. The Hall–Kier alpha value is -2.31. The zero-order chi connectivity index (χ0) is 11.7. The normalized spacial score (nSPS) is 10.4. The van der Waals surface area contributed by atoms with Crippen molar-refractivity contribution in [2.75, 3.05) is 5.73 Å². The maximum absolute atomic E-state index is 13.4. The summed E-state index contributed by atoms with van der Waals surface area (Å²) in [7, 11) is 0. The molecule has 1 heterocycles. The average molecular weight is 224 g/mol. The van der Waals surface area contributed by atoms with Gasteiger partial charge in [0.05, 0.1) is 5.56 Å². The summed E-state index contributed by atoms with van der Waals surface area (Å²) in [5.74, 6) is -2.59. The van der Waals surface area contributed by atoms with Crippen LogP contribution in [0.3, 0.4) is 0 Å². The fourth-order valence-electron chi connectivity index (χ4n) is 1.22. The van der Waals surface area contributed by atoms with Gasteiger partial charge in [-0.1, -0.05) is 6.07 Å².